The Balaban J connectivity index is 1.93. The molecule has 1 aromatic rings. The van der Waals surface area contributed by atoms with Crippen molar-refractivity contribution in [1.29, 1.82) is 0 Å². The highest BCUT2D eigenvalue weighted by molar-refractivity contribution is 7.12. The summed E-state index contributed by atoms with van der Waals surface area (Å²) in [5, 5.41) is 10.5. The quantitative estimate of drug-likeness (QED) is 0.897. The van der Waals surface area contributed by atoms with Gasteiger partial charge in [-0.05, 0) is 32.6 Å². The molecule has 2 saturated carbocycles. The zero-order valence-corrected chi connectivity index (χ0v) is 10.8. The number of aliphatic carboxylic acids is 1. The van der Waals surface area contributed by atoms with E-state index in [1.165, 1.54) is 30.7 Å². The number of thiazole rings is 1. The second-order valence-electron chi connectivity index (χ2n) is 5.34. The lowest BCUT2D eigenvalue weighted by Crippen LogP contribution is -2.19. The zero-order chi connectivity index (χ0) is 12.0. The Morgan fingerprint density at radius 3 is 2.59 bits per heavy atom. The summed E-state index contributed by atoms with van der Waals surface area (Å²) >= 11 is 1.66. The number of aryl methyl sites for hydroxylation is 1. The minimum absolute atomic E-state index is 0.571. The first-order valence-electron chi connectivity index (χ1n) is 6.35. The zero-order valence-electron chi connectivity index (χ0n) is 10.0. The van der Waals surface area contributed by atoms with Gasteiger partial charge in [0.25, 0.3) is 0 Å². The monoisotopic (exact) mass is 251 g/mol. The van der Waals surface area contributed by atoms with Crippen molar-refractivity contribution in [3.05, 3.63) is 15.6 Å². The van der Waals surface area contributed by atoms with Gasteiger partial charge in [0, 0.05) is 10.8 Å². The first-order valence-corrected chi connectivity index (χ1v) is 7.16. The Hall–Kier alpha value is -0.900. The topological polar surface area (TPSA) is 50.2 Å². The molecule has 0 unspecified atom stereocenters. The van der Waals surface area contributed by atoms with Gasteiger partial charge in [-0.15, -0.1) is 11.3 Å². The fourth-order valence-electron chi connectivity index (χ4n) is 2.87. The van der Waals surface area contributed by atoms with E-state index in [1.807, 2.05) is 6.92 Å². The predicted molar refractivity (Wildman–Crippen MR) is 66.6 cm³/mol. The number of rotatable bonds is 3. The largest absolute Gasteiger partial charge is 0.481 e. The molecule has 0 radical (unpaired) electrons. The molecule has 1 N–H and O–H groups in total. The van der Waals surface area contributed by atoms with Gasteiger partial charge in [-0.2, -0.15) is 0 Å². The first-order chi connectivity index (χ1) is 8.13. The normalized spacial score (nSPS) is 22.9. The third-order valence-electron chi connectivity index (χ3n) is 4.11. The van der Waals surface area contributed by atoms with Gasteiger partial charge in [0.05, 0.1) is 10.7 Å². The van der Waals surface area contributed by atoms with Gasteiger partial charge in [-0.3, -0.25) is 4.79 Å². The van der Waals surface area contributed by atoms with E-state index in [0.29, 0.717) is 5.92 Å². The smallest absolute Gasteiger partial charge is 0.315 e. The van der Waals surface area contributed by atoms with Crippen LogP contribution in [0.25, 0.3) is 0 Å². The highest BCUT2D eigenvalue weighted by Crippen LogP contribution is 2.52. The maximum absolute atomic E-state index is 11.3. The lowest BCUT2D eigenvalue weighted by molar-refractivity contribution is -0.139. The number of carbonyl (C=O) groups is 1. The SMILES string of the molecule is Cc1nc(C2CCCC2)sc1C1(C(=O)O)CC1. The van der Waals surface area contributed by atoms with Crippen molar-refractivity contribution in [2.75, 3.05) is 0 Å². The summed E-state index contributed by atoms with van der Waals surface area (Å²) < 4.78 is 0. The standard InChI is InChI=1S/C13H17NO2S/c1-8-10(13(6-7-13)12(15)16)17-11(14-8)9-4-2-3-5-9/h9H,2-7H2,1H3,(H,15,16). The van der Waals surface area contributed by atoms with Gasteiger partial charge in [-0.1, -0.05) is 12.8 Å². The van der Waals surface area contributed by atoms with Crippen LogP contribution in [0.5, 0.6) is 0 Å². The summed E-state index contributed by atoms with van der Waals surface area (Å²) in [5.74, 6) is -0.0701. The molecule has 92 valence electrons. The van der Waals surface area contributed by atoms with Gasteiger partial charge in [-0.25, -0.2) is 4.98 Å². The van der Waals surface area contributed by atoms with Crippen LogP contribution >= 0.6 is 11.3 Å². The van der Waals surface area contributed by atoms with Crippen LogP contribution in [0.4, 0.5) is 0 Å². The van der Waals surface area contributed by atoms with Gasteiger partial charge in [0.1, 0.15) is 5.41 Å². The number of carboxylic acid groups (broad SMARTS) is 1. The maximum atomic E-state index is 11.3. The van der Waals surface area contributed by atoms with Crippen LogP contribution in [0, 0.1) is 6.92 Å². The van der Waals surface area contributed by atoms with Crippen LogP contribution in [0.1, 0.15) is 60.0 Å². The van der Waals surface area contributed by atoms with Crippen molar-refractivity contribution in [3.8, 4) is 0 Å². The van der Waals surface area contributed by atoms with Crippen molar-refractivity contribution in [2.24, 2.45) is 0 Å². The van der Waals surface area contributed by atoms with Crippen LogP contribution in [-0.2, 0) is 10.2 Å². The molecule has 3 rings (SSSR count). The summed E-state index contributed by atoms with van der Waals surface area (Å²) in [5.41, 5.74) is 0.385. The average Bonchev–Trinajstić information content (AvgIpc) is 2.74. The number of hydrogen-bond acceptors (Lipinski definition) is 3. The molecule has 1 heterocycles. The number of hydrogen-bond donors (Lipinski definition) is 1. The molecule has 0 spiro atoms. The maximum Gasteiger partial charge on any atom is 0.315 e. The van der Waals surface area contributed by atoms with E-state index >= 15 is 0 Å². The van der Waals surface area contributed by atoms with Crippen LogP contribution in [0.15, 0.2) is 0 Å². The number of carboxylic acids is 1. The van der Waals surface area contributed by atoms with E-state index in [0.717, 1.165) is 23.4 Å². The number of aromatic nitrogens is 1. The van der Waals surface area contributed by atoms with Crippen LogP contribution < -0.4 is 0 Å². The van der Waals surface area contributed by atoms with Gasteiger partial charge >= 0.3 is 5.97 Å². The fraction of sp³-hybridized carbons (Fsp3) is 0.692. The van der Waals surface area contributed by atoms with Crippen LogP contribution in [-0.4, -0.2) is 16.1 Å². The predicted octanol–water partition coefficient (Wildman–Crippen LogP) is 3.23. The molecule has 4 heteroatoms. The third-order valence-corrected chi connectivity index (χ3v) is 5.64. The molecule has 0 aromatic carbocycles. The molecule has 0 amide bonds. The second kappa shape index (κ2) is 3.80. The van der Waals surface area contributed by atoms with E-state index in [2.05, 4.69) is 4.98 Å². The van der Waals surface area contributed by atoms with E-state index < -0.39 is 11.4 Å². The molecule has 0 saturated heterocycles. The summed E-state index contributed by atoms with van der Waals surface area (Å²) in [6.45, 7) is 1.97. The van der Waals surface area contributed by atoms with E-state index in [-0.39, 0.29) is 0 Å². The molecule has 17 heavy (non-hydrogen) atoms. The molecule has 2 aliphatic rings. The minimum atomic E-state index is -0.665. The van der Waals surface area contributed by atoms with Gasteiger partial charge in [0.15, 0.2) is 0 Å². The molecular formula is C13H17NO2S. The molecule has 0 bridgehead atoms. The average molecular weight is 251 g/mol. The molecule has 0 atom stereocenters. The van der Waals surface area contributed by atoms with Gasteiger partial charge in [0.2, 0.25) is 0 Å². The lowest BCUT2D eigenvalue weighted by Gasteiger charge is -2.07. The van der Waals surface area contributed by atoms with Crippen LogP contribution in [0.2, 0.25) is 0 Å². The Morgan fingerprint density at radius 1 is 1.41 bits per heavy atom. The number of nitrogens with zero attached hydrogens (tertiary/aromatic N) is 1. The summed E-state index contributed by atoms with van der Waals surface area (Å²) in [7, 11) is 0. The van der Waals surface area contributed by atoms with Crippen molar-refractivity contribution >= 4 is 17.3 Å². The van der Waals surface area contributed by atoms with Gasteiger partial charge < -0.3 is 5.11 Å². The van der Waals surface area contributed by atoms with E-state index in [1.54, 1.807) is 11.3 Å². The molecular weight excluding hydrogens is 234 g/mol. The van der Waals surface area contributed by atoms with Crippen LogP contribution in [0.3, 0.4) is 0 Å². The minimum Gasteiger partial charge on any atom is -0.481 e. The molecule has 2 fully saturated rings. The Kier molecular flexibility index (Phi) is 2.51. The lowest BCUT2D eigenvalue weighted by atomic mass is 10.0. The first kappa shape index (κ1) is 11.2. The third kappa shape index (κ3) is 1.69. The highest BCUT2D eigenvalue weighted by atomic mass is 32.1. The summed E-state index contributed by atoms with van der Waals surface area (Å²) in [6.07, 6.45) is 6.62. The highest BCUT2D eigenvalue weighted by Gasteiger charge is 2.54. The molecule has 1 aromatic heterocycles. The molecule has 2 aliphatic carbocycles. The Bertz CT molecular complexity index is 456. The second-order valence-corrected chi connectivity index (χ2v) is 6.37. The van der Waals surface area contributed by atoms with Crippen molar-refractivity contribution < 1.29 is 9.90 Å². The molecule has 3 nitrogen and oxygen atoms in total. The van der Waals surface area contributed by atoms with Crippen molar-refractivity contribution in [3.63, 3.8) is 0 Å². The van der Waals surface area contributed by atoms with E-state index in [4.69, 9.17) is 0 Å². The van der Waals surface area contributed by atoms with Crippen molar-refractivity contribution in [1.82, 2.24) is 4.98 Å². The summed E-state index contributed by atoms with van der Waals surface area (Å²) in [4.78, 5) is 17.0. The van der Waals surface area contributed by atoms with Crippen molar-refractivity contribution in [2.45, 2.75) is 56.8 Å². The Labute approximate surface area is 105 Å². The summed E-state index contributed by atoms with van der Waals surface area (Å²) in [6, 6.07) is 0. The Morgan fingerprint density at radius 2 is 2.06 bits per heavy atom. The molecule has 0 aliphatic heterocycles. The van der Waals surface area contributed by atoms with E-state index in [9.17, 15) is 9.90 Å². The fourth-order valence-corrected chi connectivity index (χ4v) is 4.35.